The highest BCUT2D eigenvalue weighted by molar-refractivity contribution is 9.10. The highest BCUT2D eigenvalue weighted by Gasteiger charge is 2.13. The topological polar surface area (TPSA) is 68.9 Å². The Morgan fingerprint density at radius 2 is 1.70 bits per heavy atom. The predicted octanol–water partition coefficient (Wildman–Crippen LogP) is 2.84. The van der Waals surface area contributed by atoms with Gasteiger partial charge in [-0.25, -0.2) is 9.18 Å². The van der Waals surface area contributed by atoms with Crippen molar-refractivity contribution < 1.29 is 9.50 Å². The van der Waals surface area contributed by atoms with Gasteiger partial charge in [-0.2, -0.15) is 0 Å². The predicted molar refractivity (Wildman–Crippen MR) is 77.1 cm³/mol. The Morgan fingerprint density at radius 3 is 2.45 bits per heavy atom. The van der Waals surface area contributed by atoms with Gasteiger partial charge in [-0.3, -0.25) is 0 Å². The van der Waals surface area contributed by atoms with Gasteiger partial charge in [0, 0.05) is 0 Å². The van der Waals surface area contributed by atoms with E-state index in [9.17, 15) is 14.3 Å². The quantitative estimate of drug-likeness (QED) is 0.673. The van der Waals surface area contributed by atoms with E-state index < -0.39 is 6.10 Å². The van der Waals surface area contributed by atoms with E-state index in [0.29, 0.717) is 26.6 Å². The smallest absolute Gasteiger partial charge is 0.323 e. The molecule has 2 aromatic carbocycles. The summed E-state index contributed by atoms with van der Waals surface area (Å²) in [6, 6.07) is 9.46. The lowest BCUT2D eigenvalue weighted by atomic mass is 10.0. The first kappa shape index (κ1) is 13.1. The summed E-state index contributed by atoms with van der Waals surface area (Å²) in [7, 11) is 0. The number of aromatic nitrogens is 2. The molecule has 0 aliphatic heterocycles. The zero-order chi connectivity index (χ0) is 14.3. The van der Waals surface area contributed by atoms with Gasteiger partial charge in [0.1, 0.15) is 11.9 Å². The maximum Gasteiger partial charge on any atom is 0.323 e. The van der Waals surface area contributed by atoms with Crippen LogP contribution in [0.15, 0.2) is 45.7 Å². The van der Waals surface area contributed by atoms with Crippen LogP contribution in [0.1, 0.15) is 17.2 Å². The molecule has 1 atom stereocenters. The first-order valence-corrected chi connectivity index (χ1v) is 6.69. The number of hydrogen-bond acceptors (Lipinski definition) is 2. The molecule has 0 saturated carbocycles. The third-order valence-corrected chi connectivity index (χ3v) is 3.72. The zero-order valence-corrected chi connectivity index (χ0v) is 11.7. The van der Waals surface area contributed by atoms with Crippen molar-refractivity contribution in [1.82, 2.24) is 9.97 Å². The first-order valence-electron chi connectivity index (χ1n) is 5.89. The summed E-state index contributed by atoms with van der Waals surface area (Å²) in [5.41, 5.74) is 2.18. The number of aliphatic hydroxyl groups is 1. The van der Waals surface area contributed by atoms with Crippen LogP contribution < -0.4 is 5.69 Å². The van der Waals surface area contributed by atoms with Crippen molar-refractivity contribution in [2.45, 2.75) is 6.10 Å². The number of hydrogen-bond donors (Lipinski definition) is 3. The fraction of sp³-hybridized carbons (Fsp3) is 0.0714. The van der Waals surface area contributed by atoms with Gasteiger partial charge in [-0.05, 0) is 51.3 Å². The van der Waals surface area contributed by atoms with Crippen LogP contribution in [0.3, 0.4) is 0 Å². The molecule has 3 N–H and O–H groups in total. The molecule has 0 saturated heterocycles. The second kappa shape index (κ2) is 4.88. The molecule has 3 rings (SSSR count). The lowest BCUT2D eigenvalue weighted by Crippen LogP contribution is -2.00. The van der Waals surface area contributed by atoms with Gasteiger partial charge in [-0.15, -0.1) is 0 Å². The Balaban J connectivity index is 2.04. The van der Waals surface area contributed by atoms with Crippen molar-refractivity contribution in [1.29, 1.82) is 0 Å². The van der Waals surface area contributed by atoms with Crippen LogP contribution in [0.4, 0.5) is 4.39 Å². The Kier molecular flexibility index (Phi) is 3.19. The molecular formula is C14H10BrFN2O2. The van der Waals surface area contributed by atoms with Gasteiger partial charge in [-0.1, -0.05) is 12.1 Å². The summed E-state index contributed by atoms with van der Waals surface area (Å²) in [5, 5.41) is 10.3. The minimum absolute atomic E-state index is 0.295. The van der Waals surface area contributed by atoms with Gasteiger partial charge in [0.05, 0.1) is 15.5 Å². The third kappa shape index (κ3) is 2.28. The second-order valence-electron chi connectivity index (χ2n) is 4.46. The standard InChI is InChI=1S/C14H10BrFN2O2/c15-9-5-7(1-3-10(9)16)13(19)8-2-4-11-12(6-8)18-14(20)17-11/h1-6,13,19H,(H2,17,18,20). The van der Waals surface area contributed by atoms with E-state index in [-0.39, 0.29) is 11.5 Å². The third-order valence-electron chi connectivity index (χ3n) is 3.12. The zero-order valence-electron chi connectivity index (χ0n) is 10.2. The van der Waals surface area contributed by atoms with Crippen LogP contribution >= 0.6 is 15.9 Å². The van der Waals surface area contributed by atoms with Crippen molar-refractivity contribution in [3.63, 3.8) is 0 Å². The van der Waals surface area contributed by atoms with E-state index in [1.165, 1.54) is 18.2 Å². The van der Waals surface area contributed by atoms with Crippen LogP contribution in [0.2, 0.25) is 0 Å². The summed E-state index contributed by atoms with van der Waals surface area (Å²) in [5.74, 6) is -0.383. The molecule has 1 unspecified atom stereocenters. The van der Waals surface area contributed by atoms with Gasteiger partial charge < -0.3 is 15.1 Å². The number of H-pyrrole nitrogens is 2. The normalized spacial score (nSPS) is 12.8. The highest BCUT2D eigenvalue weighted by atomic mass is 79.9. The fourth-order valence-corrected chi connectivity index (χ4v) is 2.49. The van der Waals surface area contributed by atoms with E-state index >= 15 is 0 Å². The number of rotatable bonds is 2. The number of imidazole rings is 1. The number of aromatic amines is 2. The Bertz CT molecular complexity index is 841. The maximum absolute atomic E-state index is 13.2. The van der Waals surface area contributed by atoms with Crippen molar-refractivity contribution in [3.05, 3.63) is 68.3 Å². The molecule has 3 aromatic rings. The van der Waals surface area contributed by atoms with E-state index in [1.807, 2.05) is 0 Å². The Hall–Kier alpha value is -1.92. The summed E-state index contributed by atoms with van der Waals surface area (Å²) in [6.07, 6.45) is -0.894. The summed E-state index contributed by atoms with van der Waals surface area (Å²) >= 11 is 3.09. The van der Waals surface area contributed by atoms with E-state index in [2.05, 4.69) is 25.9 Å². The molecule has 0 fully saturated rings. The van der Waals surface area contributed by atoms with Gasteiger partial charge in [0.15, 0.2) is 0 Å². The number of fused-ring (bicyclic) bond motifs is 1. The lowest BCUT2D eigenvalue weighted by molar-refractivity contribution is 0.220. The molecule has 0 aliphatic carbocycles. The molecule has 6 heteroatoms. The minimum Gasteiger partial charge on any atom is -0.384 e. The summed E-state index contributed by atoms with van der Waals surface area (Å²) < 4.78 is 13.5. The molecule has 0 radical (unpaired) electrons. The van der Waals surface area contributed by atoms with E-state index in [0.717, 1.165) is 0 Å². The average molecular weight is 337 g/mol. The number of benzene rings is 2. The van der Waals surface area contributed by atoms with Crippen molar-refractivity contribution >= 4 is 27.0 Å². The monoisotopic (exact) mass is 336 g/mol. The molecule has 20 heavy (non-hydrogen) atoms. The SMILES string of the molecule is O=c1[nH]c2ccc(C(O)c3ccc(F)c(Br)c3)cc2[nH]1. The second-order valence-corrected chi connectivity index (χ2v) is 5.31. The molecular weight excluding hydrogens is 327 g/mol. The largest absolute Gasteiger partial charge is 0.384 e. The van der Waals surface area contributed by atoms with Gasteiger partial charge >= 0.3 is 5.69 Å². The van der Waals surface area contributed by atoms with Crippen molar-refractivity contribution in [2.24, 2.45) is 0 Å². The van der Waals surface area contributed by atoms with Crippen molar-refractivity contribution in [3.8, 4) is 0 Å². The van der Waals surface area contributed by atoms with Crippen LogP contribution in [0.5, 0.6) is 0 Å². The molecule has 1 heterocycles. The fourth-order valence-electron chi connectivity index (χ4n) is 2.10. The highest BCUT2D eigenvalue weighted by Crippen LogP contribution is 2.27. The molecule has 0 aliphatic rings. The number of halogens is 2. The van der Waals surface area contributed by atoms with Crippen LogP contribution in [-0.2, 0) is 0 Å². The van der Waals surface area contributed by atoms with Crippen molar-refractivity contribution in [2.75, 3.05) is 0 Å². The van der Waals surface area contributed by atoms with Gasteiger partial charge in [0.25, 0.3) is 0 Å². The first-order chi connectivity index (χ1) is 9.54. The lowest BCUT2D eigenvalue weighted by Gasteiger charge is -2.12. The molecule has 102 valence electrons. The Morgan fingerprint density at radius 1 is 1.05 bits per heavy atom. The van der Waals surface area contributed by atoms with Crippen LogP contribution in [0, 0.1) is 5.82 Å². The van der Waals surface area contributed by atoms with E-state index in [4.69, 9.17) is 0 Å². The molecule has 1 aromatic heterocycles. The number of nitrogens with one attached hydrogen (secondary N) is 2. The molecule has 0 amide bonds. The van der Waals surface area contributed by atoms with Crippen LogP contribution in [-0.4, -0.2) is 15.1 Å². The number of aliphatic hydroxyl groups excluding tert-OH is 1. The van der Waals surface area contributed by atoms with E-state index in [1.54, 1.807) is 18.2 Å². The summed E-state index contributed by atoms with van der Waals surface area (Å²) in [4.78, 5) is 16.5. The molecule has 0 bridgehead atoms. The maximum atomic E-state index is 13.2. The van der Waals surface area contributed by atoms with Crippen LogP contribution in [0.25, 0.3) is 11.0 Å². The summed E-state index contributed by atoms with van der Waals surface area (Å²) in [6.45, 7) is 0. The Labute approximate surface area is 121 Å². The minimum atomic E-state index is -0.894. The van der Waals surface area contributed by atoms with Gasteiger partial charge in [0.2, 0.25) is 0 Å². The average Bonchev–Trinajstić information content (AvgIpc) is 2.80. The molecule has 4 nitrogen and oxygen atoms in total. The molecule has 0 spiro atoms.